The van der Waals surface area contributed by atoms with Crippen molar-refractivity contribution in [3.05, 3.63) is 143 Å². The molecular formula is C43H42F6Zr. The normalized spacial score (nSPS) is 15.8. The molecule has 0 aliphatic heterocycles. The van der Waals surface area contributed by atoms with Crippen LogP contribution in [0, 0.1) is 39.0 Å². The molecule has 4 aromatic carbocycles. The van der Waals surface area contributed by atoms with Gasteiger partial charge in [0.1, 0.15) is 0 Å². The van der Waals surface area contributed by atoms with Crippen LogP contribution in [0.15, 0.2) is 87.7 Å². The molecular weight excluding hydrogens is 722 g/mol. The first-order valence-corrected chi connectivity index (χ1v) is 20.8. The van der Waals surface area contributed by atoms with Gasteiger partial charge in [-0.3, -0.25) is 0 Å². The Morgan fingerprint density at radius 2 is 1.20 bits per heavy atom. The molecule has 4 aromatic rings. The average molecular weight is 764 g/mol. The first-order valence-electron chi connectivity index (χ1n) is 17.1. The number of fused-ring (bicyclic) bond motifs is 3. The molecule has 0 nitrogen and oxygen atoms in total. The molecule has 0 heterocycles. The third kappa shape index (κ3) is 6.72. The number of halogens is 6. The molecule has 0 radical (unpaired) electrons. The number of hydrogen-bond donors (Lipinski definition) is 0. The first-order chi connectivity index (χ1) is 23.3. The second-order valence-corrected chi connectivity index (χ2v) is 20.6. The van der Waals surface area contributed by atoms with Crippen molar-refractivity contribution in [2.45, 2.75) is 80.6 Å². The van der Waals surface area contributed by atoms with Crippen LogP contribution >= 0.6 is 0 Å². The summed E-state index contributed by atoms with van der Waals surface area (Å²) >= 11 is -3.52. The second kappa shape index (κ2) is 13.0. The van der Waals surface area contributed by atoms with E-state index in [1.807, 2.05) is 0 Å². The molecule has 7 heteroatoms. The van der Waals surface area contributed by atoms with Gasteiger partial charge in [0, 0.05) is 0 Å². The molecule has 0 N–H and O–H groups in total. The minimum atomic E-state index is -4.52. The fraction of sp³-hybridized carbons (Fsp3) is 0.326. The van der Waals surface area contributed by atoms with E-state index in [-0.39, 0.29) is 11.3 Å². The summed E-state index contributed by atoms with van der Waals surface area (Å²) in [4.78, 5) is 0. The molecule has 0 saturated heterocycles. The van der Waals surface area contributed by atoms with Crippen molar-refractivity contribution >= 4 is 6.48 Å². The zero-order chi connectivity index (χ0) is 36.5. The van der Waals surface area contributed by atoms with Gasteiger partial charge in [0.05, 0.1) is 0 Å². The van der Waals surface area contributed by atoms with E-state index in [1.54, 1.807) is 0 Å². The van der Waals surface area contributed by atoms with Crippen LogP contribution in [-0.4, -0.2) is 3.21 Å². The number of rotatable bonds is 5. The van der Waals surface area contributed by atoms with Crippen molar-refractivity contribution in [2.75, 3.05) is 0 Å². The van der Waals surface area contributed by atoms with Gasteiger partial charge in [-0.1, -0.05) is 0 Å². The van der Waals surface area contributed by atoms with Crippen molar-refractivity contribution in [2.24, 2.45) is 11.3 Å². The molecule has 0 aromatic heterocycles. The van der Waals surface area contributed by atoms with Gasteiger partial charge in [-0.25, -0.2) is 0 Å². The number of alkyl halides is 6. The Morgan fingerprint density at radius 1 is 0.700 bits per heavy atom. The molecule has 0 amide bonds. The van der Waals surface area contributed by atoms with Crippen molar-refractivity contribution in [1.29, 1.82) is 0 Å². The quantitative estimate of drug-likeness (QED) is 0.156. The fourth-order valence-corrected chi connectivity index (χ4v) is 16.7. The summed E-state index contributed by atoms with van der Waals surface area (Å²) in [6.07, 6.45) is -2.77. The molecule has 2 aliphatic rings. The third-order valence-corrected chi connectivity index (χ3v) is 18.7. The van der Waals surface area contributed by atoms with E-state index in [4.69, 9.17) is 0 Å². The van der Waals surface area contributed by atoms with Gasteiger partial charge in [0.15, 0.2) is 0 Å². The van der Waals surface area contributed by atoms with E-state index in [1.165, 1.54) is 69.8 Å². The van der Waals surface area contributed by atoms with E-state index in [0.717, 1.165) is 51.4 Å². The van der Waals surface area contributed by atoms with Gasteiger partial charge in [0.2, 0.25) is 0 Å². The molecule has 0 spiro atoms. The number of allylic oxidation sites excluding steroid dienone is 4. The monoisotopic (exact) mass is 762 g/mol. The van der Waals surface area contributed by atoms with Crippen LogP contribution in [0.2, 0.25) is 0 Å². The van der Waals surface area contributed by atoms with Crippen LogP contribution < -0.4 is 3.27 Å². The predicted octanol–water partition coefficient (Wildman–Crippen LogP) is 11.9. The van der Waals surface area contributed by atoms with Crippen molar-refractivity contribution in [1.82, 2.24) is 0 Å². The molecule has 0 bridgehead atoms. The Hall–Kier alpha value is -3.31. The number of hydrogen-bond acceptors (Lipinski definition) is 0. The minimum absolute atomic E-state index is 0.112. The van der Waals surface area contributed by atoms with Gasteiger partial charge in [-0.05, 0) is 0 Å². The summed E-state index contributed by atoms with van der Waals surface area (Å²) in [6.45, 7) is 17.2. The summed E-state index contributed by atoms with van der Waals surface area (Å²) in [5.74, 6) is 0.112. The molecule has 50 heavy (non-hydrogen) atoms. The Morgan fingerprint density at radius 3 is 1.68 bits per heavy atom. The van der Waals surface area contributed by atoms with Gasteiger partial charge < -0.3 is 0 Å². The van der Waals surface area contributed by atoms with E-state index < -0.39 is 44.7 Å². The number of aryl methyl sites for hydroxylation is 3. The summed E-state index contributed by atoms with van der Waals surface area (Å²) in [5.41, 5.74) is 10.5. The van der Waals surface area contributed by atoms with E-state index >= 15 is 0 Å². The molecule has 1 atom stereocenters. The van der Waals surface area contributed by atoms with Crippen LogP contribution in [-0.2, 0) is 40.0 Å². The van der Waals surface area contributed by atoms with Gasteiger partial charge in [0.25, 0.3) is 0 Å². The summed E-state index contributed by atoms with van der Waals surface area (Å²) < 4.78 is 86.5. The van der Waals surface area contributed by atoms with Crippen LogP contribution in [0.5, 0.6) is 0 Å². The molecule has 2 aliphatic carbocycles. The Balaban J connectivity index is 1.77. The van der Waals surface area contributed by atoms with E-state index in [9.17, 15) is 26.3 Å². The summed E-state index contributed by atoms with van der Waals surface area (Å²) in [6, 6.07) is 17.3. The molecule has 6 rings (SSSR count). The molecule has 0 saturated carbocycles. The van der Waals surface area contributed by atoms with Crippen molar-refractivity contribution in [3.8, 4) is 11.1 Å². The summed E-state index contributed by atoms with van der Waals surface area (Å²) in [7, 11) is 0. The molecule has 260 valence electrons. The Kier molecular flexibility index (Phi) is 9.51. The maximum absolute atomic E-state index is 13.8. The second-order valence-electron chi connectivity index (χ2n) is 14.9. The van der Waals surface area contributed by atoms with E-state index in [0.29, 0.717) is 11.1 Å². The third-order valence-electron chi connectivity index (χ3n) is 10.5. The van der Waals surface area contributed by atoms with E-state index in [2.05, 4.69) is 85.7 Å². The SMILES string of the molecule is CCC1C=C(C(C)(C)C)C=[C]1[Zr](=[C](c1ccc(C(F)(F)F)cc1)c1ccc(C(F)(F)F)cc1)[c]1c(C)c(C)cc2c1Cc1cc(C)c(C)cc1-2. The van der Waals surface area contributed by atoms with Gasteiger partial charge in [-0.15, -0.1) is 0 Å². The Labute approximate surface area is 299 Å². The summed E-state index contributed by atoms with van der Waals surface area (Å²) in [5, 5.41) is 0. The average Bonchev–Trinajstić information content (AvgIpc) is 3.62. The van der Waals surface area contributed by atoms with Crippen LogP contribution in [0.4, 0.5) is 26.3 Å². The van der Waals surface area contributed by atoms with Crippen molar-refractivity contribution in [3.63, 3.8) is 0 Å². The van der Waals surface area contributed by atoms with Crippen LogP contribution in [0.1, 0.15) is 89.8 Å². The maximum atomic E-state index is 13.8. The van der Waals surface area contributed by atoms with Crippen LogP contribution in [0.3, 0.4) is 0 Å². The molecule has 1 unspecified atom stereocenters. The first kappa shape index (κ1) is 36.5. The number of benzene rings is 4. The Bertz CT molecular complexity index is 2020. The topological polar surface area (TPSA) is 0 Å². The zero-order valence-corrected chi connectivity index (χ0v) is 32.2. The zero-order valence-electron chi connectivity index (χ0n) is 29.8. The van der Waals surface area contributed by atoms with Crippen molar-refractivity contribution < 1.29 is 47.6 Å². The molecule has 0 fully saturated rings. The van der Waals surface area contributed by atoms with Gasteiger partial charge in [-0.2, -0.15) is 0 Å². The fourth-order valence-electron chi connectivity index (χ4n) is 7.41. The predicted molar refractivity (Wildman–Crippen MR) is 189 cm³/mol. The van der Waals surface area contributed by atoms with Crippen LogP contribution in [0.25, 0.3) is 11.1 Å². The standard InChI is InChI=1S/C17H17.C15H8F6.C11H17.Zr/c1-10-5-14-9-15-6-11(2)13(4)8-17(15)16(14)7-12(10)3;16-14(17,18)12-5-1-10(2-6-12)9-11-3-7-13(8-4-11)15(19,20)21;1-5-9-6-7-10(8-9)11(2,3)4;/h5,7-8H,9H2,1-4H3;1-8H;7-9H,5H2,1-4H3;. The van der Waals surface area contributed by atoms with Gasteiger partial charge >= 0.3 is 301 Å².